The van der Waals surface area contributed by atoms with Crippen molar-refractivity contribution in [3.63, 3.8) is 0 Å². The fraction of sp³-hybridized carbons (Fsp3) is 0.375. The third-order valence-corrected chi connectivity index (χ3v) is 3.77. The number of hydrogen-bond acceptors (Lipinski definition) is 4. The van der Waals surface area contributed by atoms with Crippen molar-refractivity contribution in [1.82, 2.24) is 9.71 Å². The third kappa shape index (κ3) is 4.15. The molecule has 0 radical (unpaired) electrons. The predicted molar refractivity (Wildman–Crippen MR) is 63.3 cm³/mol. The molecule has 1 heterocycles. The van der Waals surface area contributed by atoms with E-state index in [1.165, 1.54) is 7.05 Å². The summed E-state index contributed by atoms with van der Waals surface area (Å²) < 4.78 is 25.3. The van der Waals surface area contributed by atoms with Crippen LogP contribution >= 0.6 is 15.9 Å². The molecule has 15 heavy (non-hydrogen) atoms. The Morgan fingerprint density at radius 1 is 1.53 bits per heavy atom. The van der Waals surface area contributed by atoms with Gasteiger partial charge in [-0.1, -0.05) is 0 Å². The first kappa shape index (κ1) is 12.4. The highest BCUT2D eigenvalue weighted by Crippen LogP contribution is 2.19. The van der Waals surface area contributed by atoms with Crippen molar-refractivity contribution in [3.05, 3.63) is 22.9 Å². The van der Waals surface area contributed by atoms with E-state index in [0.717, 1.165) is 10.2 Å². The van der Waals surface area contributed by atoms with E-state index in [2.05, 4.69) is 31.0 Å². The van der Waals surface area contributed by atoms with Crippen LogP contribution in [-0.2, 0) is 10.0 Å². The van der Waals surface area contributed by atoms with E-state index in [0.29, 0.717) is 6.54 Å². The van der Waals surface area contributed by atoms with Crippen LogP contribution in [0.2, 0.25) is 0 Å². The molecule has 7 heteroatoms. The lowest BCUT2D eigenvalue weighted by atomic mass is 10.4. The van der Waals surface area contributed by atoms with E-state index < -0.39 is 10.0 Å². The van der Waals surface area contributed by atoms with E-state index in [4.69, 9.17) is 0 Å². The summed E-state index contributed by atoms with van der Waals surface area (Å²) in [5, 5.41) is 3.00. The Bertz CT molecular complexity index is 422. The Hall–Kier alpha value is -0.660. The second-order valence-electron chi connectivity index (χ2n) is 2.81. The van der Waals surface area contributed by atoms with E-state index in [9.17, 15) is 8.42 Å². The van der Waals surface area contributed by atoms with E-state index in [1.807, 2.05) is 0 Å². The molecule has 0 aliphatic heterocycles. The Morgan fingerprint density at radius 2 is 2.27 bits per heavy atom. The molecule has 0 amide bonds. The Balaban J connectivity index is 2.49. The molecule has 0 spiro atoms. The van der Waals surface area contributed by atoms with Gasteiger partial charge in [0.05, 0.1) is 15.9 Å². The van der Waals surface area contributed by atoms with Gasteiger partial charge < -0.3 is 5.32 Å². The highest BCUT2D eigenvalue weighted by atomic mass is 79.9. The van der Waals surface area contributed by atoms with Crippen LogP contribution in [0.1, 0.15) is 0 Å². The lowest BCUT2D eigenvalue weighted by Gasteiger charge is -2.07. The number of anilines is 1. The van der Waals surface area contributed by atoms with Crippen molar-refractivity contribution >= 4 is 31.6 Å². The summed E-state index contributed by atoms with van der Waals surface area (Å²) in [6.07, 6.45) is 3.29. The molecule has 84 valence electrons. The number of nitrogens with one attached hydrogen (secondary N) is 2. The fourth-order valence-electron chi connectivity index (χ4n) is 0.941. The van der Waals surface area contributed by atoms with E-state index in [1.54, 1.807) is 18.5 Å². The van der Waals surface area contributed by atoms with Gasteiger partial charge in [-0.05, 0) is 29.0 Å². The van der Waals surface area contributed by atoms with Gasteiger partial charge in [0.1, 0.15) is 0 Å². The minimum absolute atomic E-state index is 0.0399. The topological polar surface area (TPSA) is 71.1 Å². The fourth-order valence-corrected chi connectivity index (χ4v) is 1.91. The number of rotatable bonds is 5. The molecule has 1 rings (SSSR count). The molecule has 0 unspecified atom stereocenters. The van der Waals surface area contributed by atoms with E-state index in [-0.39, 0.29) is 5.75 Å². The number of halogens is 1. The lowest BCUT2D eigenvalue weighted by Crippen LogP contribution is -2.26. The molecule has 2 N–H and O–H groups in total. The monoisotopic (exact) mass is 293 g/mol. The molecule has 0 aliphatic carbocycles. The van der Waals surface area contributed by atoms with Gasteiger partial charge in [-0.2, -0.15) is 0 Å². The highest BCUT2D eigenvalue weighted by Gasteiger charge is 2.06. The average molecular weight is 294 g/mol. The minimum atomic E-state index is -3.15. The van der Waals surface area contributed by atoms with Gasteiger partial charge in [0.15, 0.2) is 0 Å². The summed E-state index contributed by atoms with van der Waals surface area (Å²) in [5.74, 6) is 0.0399. The van der Waals surface area contributed by atoms with Crippen molar-refractivity contribution in [3.8, 4) is 0 Å². The lowest BCUT2D eigenvalue weighted by molar-refractivity contribution is 0.588. The molecule has 0 saturated carbocycles. The largest absolute Gasteiger partial charge is 0.383 e. The van der Waals surface area contributed by atoms with Crippen LogP contribution in [-0.4, -0.2) is 32.7 Å². The number of sulfonamides is 1. The van der Waals surface area contributed by atoms with Crippen molar-refractivity contribution in [2.24, 2.45) is 0 Å². The summed E-state index contributed by atoms with van der Waals surface area (Å²) in [4.78, 5) is 3.90. The predicted octanol–water partition coefficient (Wildman–Crippen LogP) is 0.805. The smallest absolute Gasteiger partial charge is 0.213 e. The molecular formula is C8H12BrN3O2S. The normalized spacial score (nSPS) is 11.3. The second-order valence-corrected chi connectivity index (χ2v) is 5.71. The molecule has 5 nitrogen and oxygen atoms in total. The van der Waals surface area contributed by atoms with Gasteiger partial charge in [0.2, 0.25) is 10.0 Å². The second kappa shape index (κ2) is 5.43. The Labute approximate surface area is 97.5 Å². The van der Waals surface area contributed by atoms with Crippen LogP contribution in [0.4, 0.5) is 5.69 Å². The van der Waals surface area contributed by atoms with Gasteiger partial charge in [-0.3, -0.25) is 4.98 Å². The van der Waals surface area contributed by atoms with Crippen molar-refractivity contribution < 1.29 is 8.42 Å². The van der Waals surface area contributed by atoms with Crippen LogP contribution in [0.5, 0.6) is 0 Å². The number of aromatic nitrogens is 1. The summed E-state index contributed by atoms with van der Waals surface area (Å²) in [5.41, 5.74) is 0.830. The Morgan fingerprint density at radius 3 is 2.87 bits per heavy atom. The van der Waals surface area contributed by atoms with Crippen LogP contribution in [0.3, 0.4) is 0 Å². The molecule has 1 aromatic heterocycles. The maximum atomic E-state index is 11.1. The molecule has 0 fully saturated rings. The zero-order valence-electron chi connectivity index (χ0n) is 8.20. The van der Waals surface area contributed by atoms with Crippen LogP contribution in [0.15, 0.2) is 22.9 Å². The zero-order valence-corrected chi connectivity index (χ0v) is 10.6. The molecule has 0 aromatic carbocycles. The number of pyridine rings is 1. The number of hydrogen-bond donors (Lipinski definition) is 2. The van der Waals surface area contributed by atoms with Crippen molar-refractivity contribution in [2.45, 2.75) is 0 Å². The van der Waals surface area contributed by atoms with Crippen LogP contribution in [0.25, 0.3) is 0 Å². The maximum absolute atomic E-state index is 11.1. The Kier molecular flexibility index (Phi) is 4.49. The summed E-state index contributed by atoms with van der Waals surface area (Å²) >= 11 is 3.30. The van der Waals surface area contributed by atoms with Gasteiger partial charge in [-0.15, -0.1) is 0 Å². The minimum Gasteiger partial charge on any atom is -0.383 e. The molecule has 0 saturated heterocycles. The van der Waals surface area contributed by atoms with Crippen molar-refractivity contribution in [1.29, 1.82) is 0 Å². The molecule has 0 atom stereocenters. The summed E-state index contributed by atoms with van der Waals surface area (Å²) in [6, 6.07) is 1.77. The summed E-state index contributed by atoms with van der Waals surface area (Å²) in [6.45, 7) is 0.353. The first-order valence-corrected chi connectivity index (χ1v) is 6.74. The molecular weight excluding hydrogens is 282 g/mol. The standard InChI is InChI=1S/C8H12BrN3O2S/c1-10-15(13,14)5-4-12-8-2-3-11-6-7(8)9/h2-3,6,10H,4-5H2,1H3,(H,11,12). The SMILES string of the molecule is CNS(=O)(=O)CCNc1ccncc1Br. The molecule has 0 bridgehead atoms. The van der Waals surface area contributed by atoms with E-state index >= 15 is 0 Å². The first-order valence-electron chi connectivity index (χ1n) is 4.30. The quantitative estimate of drug-likeness (QED) is 0.843. The van der Waals surface area contributed by atoms with Crippen molar-refractivity contribution in [2.75, 3.05) is 24.7 Å². The summed E-state index contributed by atoms with van der Waals surface area (Å²) in [7, 11) is -1.75. The molecule has 1 aromatic rings. The molecule has 0 aliphatic rings. The number of nitrogens with zero attached hydrogens (tertiary/aromatic N) is 1. The highest BCUT2D eigenvalue weighted by molar-refractivity contribution is 9.10. The van der Waals surface area contributed by atoms with Gasteiger partial charge in [-0.25, -0.2) is 13.1 Å². The van der Waals surface area contributed by atoms with Gasteiger partial charge >= 0.3 is 0 Å². The van der Waals surface area contributed by atoms with Crippen LogP contribution in [0, 0.1) is 0 Å². The zero-order chi connectivity index (χ0) is 11.3. The maximum Gasteiger partial charge on any atom is 0.213 e. The van der Waals surface area contributed by atoms with Gasteiger partial charge in [0, 0.05) is 18.9 Å². The average Bonchev–Trinajstić information content (AvgIpc) is 2.21. The van der Waals surface area contributed by atoms with Gasteiger partial charge in [0.25, 0.3) is 0 Å². The van der Waals surface area contributed by atoms with Crippen LogP contribution < -0.4 is 10.0 Å². The first-order chi connectivity index (χ1) is 7.05. The third-order valence-electron chi connectivity index (χ3n) is 1.77.